The van der Waals surface area contributed by atoms with E-state index in [4.69, 9.17) is 9.47 Å². The number of carbonyl (C=O) groups excluding carboxylic acids is 2. The summed E-state index contributed by atoms with van der Waals surface area (Å²) < 4.78 is 12.3. The molecule has 7 N–H and O–H groups in total. The number of H-pyrrole nitrogens is 1. The van der Waals surface area contributed by atoms with Crippen molar-refractivity contribution in [3.8, 4) is 11.5 Å². The Morgan fingerprint density at radius 3 is 2.21 bits per heavy atom. The molecule has 5 atom stereocenters. The molecule has 0 saturated carbocycles. The number of carbonyl (C=O) groups is 2. The van der Waals surface area contributed by atoms with E-state index in [1.165, 1.54) is 34.9 Å². The Bertz CT molecular complexity index is 1850. The lowest BCUT2D eigenvalue weighted by atomic mass is 9.96. The third-order valence-corrected chi connectivity index (χ3v) is 7.47. The normalized spacial score (nSPS) is 25.6. The van der Waals surface area contributed by atoms with Crippen LogP contribution in [-0.4, -0.2) is 83.2 Å². The summed E-state index contributed by atoms with van der Waals surface area (Å²) in [4.78, 5) is 29.2. The van der Waals surface area contributed by atoms with E-state index in [0.717, 1.165) is 0 Å². The Kier molecular flexibility index (Phi) is 4.63. The first kappa shape index (κ1) is 23.0. The molecule has 0 spiro atoms. The van der Waals surface area contributed by atoms with Crippen molar-refractivity contribution in [1.82, 2.24) is 9.55 Å². The van der Waals surface area contributed by atoms with Crippen molar-refractivity contribution in [2.24, 2.45) is 0 Å². The molecule has 0 amide bonds. The van der Waals surface area contributed by atoms with E-state index in [2.05, 4.69) is 4.98 Å². The lowest BCUT2D eigenvalue weighted by molar-refractivity contribution is -0.249. The van der Waals surface area contributed by atoms with Gasteiger partial charge >= 0.3 is 11.9 Å². The highest BCUT2D eigenvalue weighted by molar-refractivity contribution is 6.36. The van der Waals surface area contributed by atoms with Crippen LogP contribution in [0.4, 0.5) is 0 Å². The van der Waals surface area contributed by atoms with Gasteiger partial charge in [-0.1, -0.05) is 0 Å². The topological polar surface area (TPSA) is 195 Å². The highest BCUT2D eigenvalue weighted by atomic mass is 16.6. The molecule has 5 aromatic rings. The molecule has 0 radical (unpaired) electrons. The van der Waals surface area contributed by atoms with Gasteiger partial charge < -0.3 is 49.7 Å². The summed E-state index contributed by atoms with van der Waals surface area (Å²) in [5.74, 6) is -1.93. The van der Waals surface area contributed by atoms with Crippen LogP contribution < -0.4 is 0 Å². The minimum absolute atomic E-state index is 0.0227. The van der Waals surface area contributed by atoms with Gasteiger partial charge in [-0.3, -0.25) is 0 Å². The van der Waals surface area contributed by atoms with E-state index in [0.29, 0.717) is 27.2 Å². The molecular formula is C26H20N2O10. The molecule has 1 saturated heterocycles. The number of ether oxygens (including phenoxy) is 2. The van der Waals surface area contributed by atoms with E-state index in [1.54, 1.807) is 6.07 Å². The fourth-order valence-corrected chi connectivity index (χ4v) is 5.82. The molecule has 4 heterocycles. The van der Waals surface area contributed by atoms with Crippen LogP contribution in [0.3, 0.4) is 0 Å². The fourth-order valence-electron chi connectivity index (χ4n) is 5.82. The van der Waals surface area contributed by atoms with Gasteiger partial charge in [-0.05, 0) is 24.3 Å². The maximum atomic E-state index is 13.1. The van der Waals surface area contributed by atoms with Gasteiger partial charge in [0.15, 0.2) is 6.23 Å². The van der Waals surface area contributed by atoms with Gasteiger partial charge in [-0.25, -0.2) is 9.59 Å². The number of phenolic OH excluding ortho intramolecular Hbond substituents is 2. The monoisotopic (exact) mass is 520 g/mol. The van der Waals surface area contributed by atoms with Gasteiger partial charge in [0, 0.05) is 33.7 Å². The summed E-state index contributed by atoms with van der Waals surface area (Å²) in [5, 5.41) is 63.7. The summed E-state index contributed by atoms with van der Waals surface area (Å²) >= 11 is 0. The number of cyclic esters (lactones) is 2. The number of aromatic hydroxyl groups is 2. The van der Waals surface area contributed by atoms with Crippen LogP contribution >= 0.6 is 0 Å². The molecule has 0 bridgehead atoms. The second-order valence-electron chi connectivity index (χ2n) is 9.55. The molecule has 1 fully saturated rings. The van der Waals surface area contributed by atoms with E-state index >= 15 is 0 Å². The van der Waals surface area contributed by atoms with E-state index in [1.807, 2.05) is 0 Å². The highest BCUT2D eigenvalue weighted by Gasteiger charge is 2.46. The molecule has 2 aromatic heterocycles. The summed E-state index contributed by atoms with van der Waals surface area (Å²) in [6.45, 7) is -0.666. The summed E-state index contributed by atoms with van der Waals surface area (Å²) in [6, 6.07) is 8.75. The second-order valence-corrected chi connectivity index (χ2v) is 9.55. The third kappa shape index (κ3) is 2.80. The molecule has 194 valence electrons. The predicted octanol–water partition coefficient (Wildman–Crippen LogP) is 1.12. The van der Waals surface area contributed by atoms with Crippen LogP contribution in [0.1, 0.15) is 26.9 Å². The SMILES string of the molecule is O=C1OC(=O)c2c1c1c3ccc(O)cc3[nH]c1c1c2c2ccc(O)cc2n1C1OC(CO)C(O)C(O)C1O. The van der Waals surface area contributed by atoms with Crippen molar-refractivity contribution in [1.29, 1.82) is 0 Å². The Morgan fingerprint density at radius 1 is 0.842 bits per heavy atom. The first-order chi connectivity index (χ1) is 18.2. The van der Waals surface area contributed by atoms with Gasteiger partial charge in [-0.2, -0.15) is 0 Å². The van der Waals surface area contributed by atoms with Crippen molar-refractivity contribution < 1.29 is 49.7 Å². The van der Waals surface area contributed by atoms with Crippen molar-refractivity contribution >= 4 is 55.6 Å². The van der Waals surface area contributed by atoms with Crippen LogP contribution in [-0.2, 0) is 9.47 Å². The Hall–Kier alpha value is -4.20. The molecular weight excluding hydrogens is 500 g/mol. The molecule has 7 rings (SSSR count). The summed E-state index contributed by atoms with van der Waals surface area (Å²) in [5.41, 5.74) is 1.31. The van der Waals surface area contributed by atoms with Crippen molar-refractivity contribution in [2.45, 2.75) is 30.6 Å². The Morgan fingerprint density at radius 2 is 1.50 bits per heavy atom. The zero-order valence-corrected chi connectivity index (χ0v) is 19.3. The number of nitrogens with zero attached hydrogens (tertiary/aromatic N) is 1. The number of esters is 2. The second kappa shape index (κ2) is 7.66. The maximum absolute atomic E-state index is 13.1. The van der Waals surface area contributed by atoms with Crippen molar-refractivity contribution in [2.75, 3.05) is 6.61 Å². The molecule has 0 aliphatic carbocycles. The lowest BCUT2D eigenvalue weighted by Gasteiger charge is -2.41. The fraction of sp³-hybridized carbons (Fsp3) is 0.231. The van der Waals surface area contributed by atoms with Crippen LogP contribution in [0, 0.1) is 0 Å². The van der Waals surface area contributed by atoms with Crippen LogP contribution in [0.15, 0.2) is 36.4 Å². The first-order valence-corrected chi connectivity index (χ1v) is 11.7. The minimum Gasteiger partial charge on any atom is -0.508 e. The number of aliphatic hydroxyl groups is 4. The molecule has 5 unspecified atom stereocenters. The summed E-state index contributed by atoms with van der Waals surface area (Å²) in [6.07, 6.45) is -7.65. The number of aromatic nitrogens is 2. The number of fused-ring (bicyclic) bond motifs is 10. The number of nitrogens with one attached hydrogen (secondary N) is 1. The van der Waals surface area contributed by atoms with Gasteiger partial charge in [0.05, 0.1) is 39.8 Å². The largest absolute Gasteiger partial charge is 0.508 e. The Balaban J connectivity index is 1.72. The highest BCUT2D eigenvalue weighted by Crippen LogP contribution is 2.47. The van der Waals surface area contributed by atoms with Crippen LogP contribution in [0.2, 0.25) is 0 Å². The molecule has 12 heteroatoms. The molecule has 2 aliphatic rings. The molecule has 38 heavy (non-hydrogen) atoms. The lowest BCUT2D eigenvalue weighted by Crippen LogP contribution is -2.56. The Labute approximate surface area is 211 Å². The minimum atomic E-state index is -1.70. The molecule has 2 aliphatic heterocycles. The first-order valence-electron chi connectivity index (χ1n) is 11.7. The molecule has 3 aromatic carbocycles. The van der Waals surface area contributed by atoms with Gasteiger partial charge in [-0.15, -0.1) is 0 Å². The quantitative estimate of drug-likeness (QED) is 0.131. The van der Waals surface area contributed by atoms with E-state index in [9.17, 15) is 40.2 Å². The standard InChI is InChI=1S/C26H20N2O10/c29-7-14-21(32)22(33)23(34)24(37-14)28-13-6-9(31)2-4-11(13)16-18-17(25(35)38-26(18)36)15-10-3-1-8(30)5-12(10)27-19(15)20(16)28/h1-6,14,21-24,27,29-34H,7H2. The van der Waals surface area contributed by atoms with Crippen LogP contribution in [0.25, 0.3) is 43.6 Å². The molecule has 12 nitrogen and oxygen atoms in total. The zero-order chi connectivity index (χ0) is 26.6. The average molecular weight is 520 g/mol. The number of phenols is 2. The number of benzene rings is 3. The zero-order valence-electron chi connectivity index (χ0n) is 19.3. The number of aromatic amines is 1. The van der Waals surface area contributed by atoms with Gasteiger partial charge in [0.25, 0.3) is 0 Å². The van der Waals surface area contributed by atoms with E-state index < -0.39 is 49.2 Å². The maximum Gasteiger partial charge on any atom is 0.347 e. The van der Waals surface area contributed by atoms with Crippen molar-refractivity contribution in [3.63, 3.8) is 0 Å². The van der Waals surface area contributed by atoms with Gasteiger partial charge in [0.1, 0.15) is 35.9 Å². The number of hydrogen-bond acceptors (Lipinski definition) is 10. The third-order valence-electron chi connectivity index (χ3n) is 7.47. The number of rotatable bonds is 2. The number of aliphatic hydroxyl groups excluding tert-OH is 4. The number of hydrogen-bond donors (Lipinski definition) is 7. The van der Waals surface area contributed by atoms with E-state index in [-0.39, 0.29) is 39.0 Å². The predicted molar refractivity (Wildman–Crippen MR) is 131 cm³/mol. The summed E-state index contributed by atoms with van der Waals surface area (Å²) in [7, 11) is 0. The van der Waals surface area contributed by atoms with Crippen LogP contribution in [0.5, 0.6) is 11.5 Å². The smallest absolute Gasteiger partial charge is 0.347 e. The van der Waals surface area contributed by atoms with Crippen molar-refractivity contribution in [3.05, 3.63) is 47.5 Å². The average Bonchev–Trinajstić information content (AvgIpc) is 3.51. The van der Waals surface area contributed by atoms with Gasteiger partial charge in [0.2, 0.25) is 0 Å².